The van der Waals surface area contributed by atoms with Gasteiger partial charge < -0.3 is 20.6 Å². The Labute approximate surface area is 201 Å². The number of fused-ring (bicyclic) bond motifs is 1. The maximum Gasteiger partial charge on any atom is 0.251 e. The molecule has 4 rings (SSSR count). The Bertz CT molecular complexity index is 990. The standard InChI is InChI=1S/C26H35N5O3/c1-19(32)31-14-9-23(10-15-31)29-25-16-21(6-11-27-25)26(34)28-12-7-24(33)18-30-13-8-20-4-2-3-5-22(20)17-30/h2-6,11,16,23-24,33H,7-10,12-15,17-18H2,1H3,(H,27,29)(H,28,34). The molecule has 2 aromatic rings. The summed E-state index contributed by atoms with van der Waals surface area (Å²) in [6.07, 6.45) is 4.38. The van der Waals surface area contributed by atoms with Gasteiger partial charge in [-0.25, -0.2) is 4.98 Å². The van der Waals surface area contributed by atoms with Gasteiger partial charge in [-0.2, -0.15) is 0 Å². The first kappa shape index (κ1) is 24.2. The molecule has 0 saturated carbocycles. The van der Waals surface area contributed by atoms with Crippen LogP contribution in [0.25, 0.3) is 0 Å². The van der Waals surface area contributed by atoms with E-state index >= 15 is 0 Å². The third-order valence-electron chi connectivity index (χ3n) is 6.76. The number of carbonyl (C=O) groups excluding carboxylic acids is 2. The first-order valence-electron chi connectivity index (χ1n) is 12.2. The molecule has 1 fully saturated rings. The van der Waals surface area contributed by atoms with Gasteiger partial charge in [0.1, 0.15) is 5.82 Å². The number of likely N-dealkylation sites (tertiary alicyclic amines) is 1. The number of benzene rings is 1. The minimum Gasteiger partial charge on any atom is -0.392 e. The molecule has 34 heavy (non-hydrogen) atoms. The van der Waals surface area contributed by atoms with Crippen LogP contribution in [0.5, 0.6) is 0 Å². The van der Waals surface area contributed by atoms with Crippen molar-refractivity contribution in [3.63, 3.8) is 0 Å². The van der Waals surface area contributed by atoms with E-state index in [4.69, 9.17) is 0 Å². The molecule has 2 amide bonds. The molecule has 1 aromatic heterocycles. The SMILES string of the molecule is CC(=O)N1CCC(Nc2cc(C(=O)NCCC(O)CN3CCc4ccccc4C3)ccn2)CC1. The van der Waals surface area contributed by atoms with Crippen LogP contribution in [-0.2, 0) is 17.8 Å². The molecule has 1 saturated heterocycles. The number of aliphatic hydroxyl groups is 1. The summed E-state index contributed by atoms with van der Waals surface area (Å²) in [7, 11) is 0. The zero-order valence-electron chi connectivity index (χ0n) is 19.9. The molecule has 2 aliphatic rings. The van der Waals surface area contributed by atoms with E-state index in [1.165, 1.54) is 11.1 Å². The number of hydrogen-bond donors (Lipinski definition) is 3. The highest BCUT2D eigenvalue weighted by atomic mass is 16.3. The number of rotatable bonds is 8. The van der Waals surface area contributed by atoms with Crippen molar-refractivity contribution < 1.29 is 14.7 Å². The number of anilines is 1. The lowest BCUT2D eigenvalue weighted by molar-refractivity contribution is -0.129. The van der Waals surface area contributed by atoms with Crippen molar-refractivity contribution in [2.45, 2.75) is 51.3 Å². The lowest BCUT2D eigenvalue weighted by Crippen LogP contribution is -2.41. The Kier molecular flexibility index (Phi) is 8.13. The zero-order chi connectivity index (χ0) is 23.9. The van der Waals surface area contributed by atoms with Gasteiger partial charge in [-0.1, -0.05) is 24.3 Å². The van der Waals surface area contributed by atoms with E-state index in [2.05, 4.69) is 44.8 Å². The van der Waals surface area contributed by atoms with Gasteiger partial charge in [-0.3, -0.25) is 14.5 Å². The zero-order valence-corrected chi connectivity index (χ0v) is 19.9. The molecule has 0 radical (unpaired) electrons. The smallest absolute Gasteiger partial charge is 0.251 e. The molecule has 1 unspecified atom stereocenters. The average Bonchev–Trinajstić information content (AvgIpc) is 2.84. The highest BCUT2D eigenvalue weighted by Crippen LogP contribution is 2.19. The highest BCUT2D eigenvalue weighted by molar-refractivity contribution is 5.94. The number of nitrogens with zero attached hydrogens (tertiary/aromatic N) is 3. The highest BCUT2D eigenvalue weighted by Gasteiger charge is 2.21. The lowest BCUT2D eigenvalue weighted by atomic mass is 9.99. The van der Waals surface area contributed by atoms with Gasteiger partial charge in [-0.05, 0) is 48.9 Å². The predicted octanol–water partition coefficient (Wildman–Crippen LogP) is 2.04. The van der Waals surface area contributed by atoms with E-state index < -0.39 is 6.10 Å². The molecule has 0 bridgehead atoms. The second-order valence-electron chi connectivity index (χ2n) is 9.31. The third kappa shape index (κ3) is 6.55. The van der Waals surface area contributed by atoms with Gasteiger partial charge in [-0.15, -0.1) is 0 Å². The molecule has 8 heteroatoms. The van der Waals surface area contributed by atoms with Crippen molar-refractivity contribution in [2.24, 2.45) is 0 Å². The Balaban J connectivity index is 1.19. The summed E-state index contributed by atoms with van der Waals surface area (Å²) in [5, 5.41) is 16.8. The van der Waals surface area contributed by atoms with Crippen LogP contribution in [-0.4, -0.2) is 76.6 Å². The van der Waals surface area contributed by atoms with Gasteiger partial charge in [0.2, 0.25) is 5.91 Å². The summed E-state index contributed by atoms with van der Waals surface area (Å²) >= 11 is 0. The van der Waals surface area contributed by atoms with Crippen molar-refractivity contribution in [2.75, 3.05) is 38.0 Å². The van der Waals surface area contributed by atoms with Crippen LogP contribution >= 0.6 is 0 Å². The number of piperidine rings is 1. The summed E-state index contributed by atoms with van der Waals surface area (Å²) < 4.78 is 0. The largest absolute Gasteiger partial charge is 0.392 e. The number of aromatic nitrogens is 1. The van der Waals surface area contributed by atoms with E-state index in [0.717, 1.165) is 45.4 Å². The molecule has 2 aliphatic heterocycles. The Morgan fingerprint density at radius 3 is 2.68 bits per heavy atom. The summed E-state index contributed by atoms with van der Waals surface area (Å²) in [4.78, 5) is 32.6. The molecule has 0 spiro atoms. The fourth-order valence-corrected chi connectivity index (χ4v) is 4.75. The van der Waals surface area contributed by atoms with Crippen LogP contribution in [0, 0.1) is 0 Å². The first-order valence-corrected chi connectivity index (χ1v) is 12.2. The second kappa shape index (κ2) is 11.4. The Morgan fingerprint density at radius 1 is 1.15 bits per heavy atom. The number of carbonyl (C=O) groups is 2. The molecular formula is C26H35N5O3. The number of β-amino-alcohol motifs (C(OH)–C–C–N with tert-alkyl or cyclic N) is 1. The van der Waals surface area contributed by atoms with E-state index in [0.29, 0.717) is 30.9 Å². The van der Waals surface area contributed by atoms with Crippen molar-refractivity contribution in [3.8, 4) is 0 Å². The number of hydrogen-bond acceptors (Lipinski definition) is 6. The predicted molar refractivity (Wildman–Crippen MR) is 132 cm³/mol. The minimum atomic E-state index is -0.485. The lowest BCUT2D eigenvalue weighted by Gasteiger charge is -2.32. The minimum absolute atomic E-state index is 0.113. The van der Waals surface area contributed by atoms with E-state index in [1.54, 1.807) is 25.3 Å². The maximum atomic E-state index is 12.6. The summed E-state index contributed by atoms with van der Waals surface area (Å²) in [6.45, 7) is 5.90. The van der Waals surface area contributed by atoms with E-state index in [9.17, 15) is 14.7 Å². The Morgan fingerprint density at radius 2 is 1.91 bits per heavy atom. The average molecular weight is 466 g/mol. The fraction of sp³-hybridized carbons (Fsp3) is 0.500. The molecule has 8 nitrogen and oxygen atoms in total. The normalized spacial score (nSPS) is 17.6. The van der Waals surface area contributed by atoms with Gasteiger partial charge >= 0.3 is 0 Å². The van der Waals surface area contributed by atoms with Gasteiger partial charge in [0.25, 0.3) is 5.91 Å². The van der Waals surface area contributed by atoms with Crippen LogP contribution in [0.2, 0.25) is 0 Å². The van der Waals surface area contributed by atoms with Gasteiger partial charge in [0.15, 0.2) is 0 Å². The number of amides is 2. The van der Waals surface area contributed by atoms with Crippen LogP contribution in [0.3, 0.4) is 0 Å². The monoisotopic (exact) mass is 465 g/mol. The fourth-order valence-electron chi connectivity index (χ4n) is 4.75. The van der Waals surface area contributed by atoms with Crippen molar-refractivity contribution in [1.29, 1.82) is 0 Å². The summed E-state index contributed by atoms with van der Waals surface area (Å²) in [5.41, 5.74) is 3.27. The second-order valence-corrected chi connectivity index (χ2v) is 9.31. The van der Waals surface area contributed by atoms with Gasteiger partial charge in [0.05, 0.1) is 6.10 Å². The molecule has 0 aliphatic carbocycles. The number of pyridine rings is 1. The van der Waals surface area contributed by atoms with E-state index in [-0.39, 0.29) is 17.9 Å². The Hall–Kier alpha value is -2.97. The quantitative estimate of drug-likeness (QED) is 0.552. The van der Waals surface area contributed by atoms with Crippen molar-refractivity contribution in [1.82, 2.24) is 20.1 Å². The topological polar surface area (TPSA) is 97.8 Å². The number of nitrogens with one attached hydrogen (secondary N) is 2. The van der Waals surface area contributed by atoms with Crippen molar-refractivity contribution in [3.05, 3.63) is 59.3 Å². The summed E-state index contributed by atoms with van der Waals surface area (Å²) in [5.74, 6) is 0.608. The molecule has 182 valence electrons. The van der Waals surface area contributed by atoms with Crippen molar-refractivity contribution >= 4 is 17.6 Å². The van der Waals surface area contributed by atoms with Crippen LogP contribution in [0.15, 0.2) is 42.6 Å². The van der Waals surface area contributed by atoms with E-state index in [1.807, 2.05) is 4.90 Å². The molecular weight excluding hydrogens is 430 g/mol. The van der Waals surface area contributed by atoms with Crippen LogP contribution < -0.4 is 10.6 Å². The first-order chi connectivity index (χ1) is 16.5. The maximum absolute atomic E-state index is 12.6. The van der Waals surface area contributed by atoms with Crippen LogP contribution in [0.1, 0.15) is 47.7 Å². The summed E-state index contributed by atoms with van der Waals surface area (Å²) in [6, 6.07) is 12.2. The molecule has 1 atom stereocenters. The third-order valence-corrected chi connectivity index (χ3v) is 6.76. The number of aliphatic hydroxyl groups excluding tert-OH is 1. The molecule has 3 N–H and O–H groups in total. The van der Waals surface area contributed by atoms with Gasteiger partial charge in [0, 0.05) is 64.0 Å². The molecule has 1 aromatic carbocycles. The van der Waals surface area contributed by atoms with Crippen LogP contribution in [0.4, 0.5) is 5.82 Å². The molecule has 3 heterocycles.